The predicted molar refractivity (Wildman–Crippen MR) is 95.6 cm³/mol. The number of carbonyl (C=O) groups excluding carboxylic acids is 2. The molecule has 0 aliphatic carbocycles. The van der Waals surface area contributed by atoms with Crippen LogP contribution in [0.4, 0.5) is 4.39 Å². The lowest BCUT2D eigenvalue weighted by molar-refractivity contribution is -0.140. The zero-order valence-corrected chi connectivity index (χ0v) is 15.7. The largest absolute Gasteiger partial charge is 0.360 e. The third-order valence-corrected chi connectivity index (χ3v) is 5.98. The van der Waals surface area contributed by atoms with Crippen LogP contribution in [-0.4, -0.2) is 57.0 Å². The van der Waals surface area contributed by atoms with E-state index in [4.69, 9.17) is 4.74 Å². The molecule has 1 aliphatic rings. The number of nitrogens with one attached hydrogen (secondary N) is 2. The Hall–Kier alpha value is -2.30. The molecule has 2 amide bonds. The molecule has 1 aliphatic heterocycles. The molecule has 0 unspecified atom stereocenters. The molecule has 1 aromatic rings. The van der Waals surface area contributed by atoms with Gasteiger partial charge >= 0.3 is 11.8 Å². The first-order valence-electron chi connectivity index (χ1n) is 8.34. The molecular formula is C17H22FN3O5S. The van der Waals surface area contributed by atoms with E-state index in [1.807, 2.05) is 0 Å². The van der Waals surface area contributed by atoms with Gasteiger partial charge in [0.25, 0.3) is 0 Å². The fourth-order valence-corrected chi connectivity index (χ4v) is 4.41. The summed E-state index contributed by atoms with van der Waals surface area (Å²) in [5.41, 5.74) is 0.271. The number of nitrogens with zero attached hydrogens (tertiary/aromatic N) is 1. The van der Waals surface area contributed by atoms with Crippen molar-refractivity contribution >= 4 is 21.8 Å². The van der Waals surface area contributed by atoms with Crippen LogP contribution in [-0.2, 0) is 24.3 Å². The number of hydrogen-bond donors (Lipinski definition) is 2. The molecule has 27 heavy (non-hydrogen) atoms. The highest BCUT2D eigenvalue weighted by Gasteiger charge is 2.35. The molecule has 10 heteroatoms. The summed E-state index contributed by atoms with van der Waals surface area (Å²) in [5, 5.41) is 4.68. The molecule has 8 nitrogen and oxygen atoms in total. The van der Waals surface area contributed by atoms with Crippen LogP contribution in [0, 0.1) is 12.7 Å². The van der Waals surface area contributed by atoms with Gasteiger partial charge in [0.1, 0.15) is 12.0 Å². The van der Waals surface area contributed by atoms with E-state index < -0.39 is 33.9 Å². The van der Waals surface area contributed by atoms with E-state index in [0.717, 1.165) is 16.4 Å². The zero-order chi connectivity index (χ0) is 20.0. The van der Waals surface area contributed by atoms with Gasteiger partial charge in [-0.05, 0) is 37.1 Å². The summed E-state index contributed by atoms with van der Waals surface area (Å²) < 4.78 is 45.8. The predicted octanol–water partition coefficient (Wildman–Crippen LogP) is 0.290. The van der Waals surface area contributed by atoms with Crippen molar-refractivity contribution in [2.45, 2.75) is 24.5 Å². The zero-order valence-electron chi connectivity index (χ0n) is 14.9. The Labute approximate surface area is 157 Å². The minimum absolute atomic E-state index is 0.0329. The van der Waals surface area contributed by atoms with Gasteiger partial charge < -0.3 is 15.4 Å². The standard InChI is InChI=1S/C17H22FN3O5S/c1-3-7-19-16(22)17(23)20-11-15-21(8-4-9-26-15)27(24,25)14-6-5-13(18)10-12(14)2/h3,5-6,10,15H,1,4,7-9,11H2,2H3,(H,19,22)(H,20,23)/t15-/m1/s1. The normalized spacial score (nSPS) is 17.9. The summed E-state index contributed by atoms with van der Waals surface area (Å²) in [5.74, 6) is -2.29. The highest BCUT2D eigenvalue weighted by molar-refractivity contribution is 7.89. The number of halogens is 1. The van der Waals surface area contributed by atoms with E-state index >= 15 is 0 Å². The van der Waals surface area contributed by atoms with Crippen molar-refractivity contribution in [2.75, 3.05) is 26.2 Å². The molecule has 1 atom stereocenters. The highest BCUT2D eigenvalue weighted by Crippen LogP contribution is 2.25. The van der Waals surface area contributed by atoms with E-state index in [1.165, 1.54) is 19.1 Å². The average Bonchev–Trinajstić information content (AvgIpc) is 2.64. The van der Waals surface area contributed by atoms with Gasteiger partial charge in [-0.2, -0.15) is 4.31 Å². The fraction of sp³-hybridized carbons (Fsp3) is 0.412. The highest BCUT2D eigenvalue weighted by atomic mass is 32.2. The quantitative estimate of drug-likeness (QED) is 0.529. The van der Waals surface area contributed by atoms with Crippen LogP contribution in [0.5, 0.6) is 0 Å². The molecule has 0 spiro atoms. The van der Waals surface area contributed by atoms with Gasteiger partial charge in [-0.1, -0.05) is 6.08 Å². The van der Waals surface area contributed by atoms with E-state index in [1.54, 1.807) is 0 Å². The van der Waals surface area contributed by atoms with Crippen LogP contribution < -0.4 is 10.6 Å². The molecule has 1 fully saturated rings. The monoisotopic (exact) mass is 399 g/mol. The third kappa shape index (κ3) is 5.12. The number of aryl methyl sites for hydroxylation is 1. The van der Waals surface area contributed by atoms with Crippen molar-refractivity contribution in [2.24, 2.45) is 0 Å². The first-order chi connectivity index (χ1) is 12.8. The number of sulfonamides is 1. The van der Waals surface area contributed by atoms with Gasteiger partial charge in [-0.25, -0.2) is 12.8 Å². The van der Waals surface area contributed by atoms with Gasteiger partial charge in [-0.15, -0.1) is 6.58 Å². The van der Waals surface area contributed by atoms with E-state index in [0.29, 0.717) is 13.0 Å². The summed E-state index contributed by atoms with van der Waals surface area (Å²) in [6, 6.07) is 3.41. The summed E-state index contributed by atoms with van der Waals surface area (Å²) >= 11 is 0. The van der Waals surface area contributed by atoms with Crippen molar-refractivity contribution in [1.82, 2.24) is 14.9 Å². The number of benzene rings is 1. The third-order valence-electron chi connectivity index (χ3n) is 3.93. The number of carbonyl (C=O) groups is 2. The second-order valence-corrected chi connectivity index (χ2v) is 7.77. The van der Waals surface area contributed by atoms with Crippen molar-refractivity contribution in [1.29, 1.82) is 0 Å². The number of hydrogen-bond acceptors (Lipinski definition) is 5. The summed E-state index contributed by atoms with van der Waals surface area (Å²) in [4.78, 5) is 23.3. The van der Waals surface area contributed by atoms with Gasteiger partial charge in [0.2, 0.25) is 10.0 Å². The number of amides is 2. The van der Waals surface area contributed by atoms with Gasteiger partial charge in [0.05, 0.1) is 18.0 Å². The Morgan fingerprint density at radius 2 is 2.07 bits per heavy atom. The van der Waals surface area contributed by atoms with Gasteiger partial charge in [0.15, 0.2) is 0 Å². The number of rotatable bonds is 6. The minimum atomic E-state index is -3.96. The van der Waals surface area contributed by atoms with Crippen LogP contribution in [0.2, 0.25) is 0 Å². The molecular weight excluding hydrogens is 377 g/mol. The van der Waals surface area contributed by atoms with Gasteiger partial charge in [0, 0.05) is 13.1 Å². The van der Waals surface area contributed by atoms with Crippen LogP contribution >= 0.6 is 0 Å². The molecule has 2 N–H and O–H groups in total. The molecule has 148 valence electrons. The second-order valence-electron chi connectivity index (χ2n) is 5.91. The van der Waals surface area contributed by atoms with Crippen LogP contribution in [0.3, 0.4) is 0 Å². The van der Waals surface area contributed by atoms with Crippen molar-refractivity contribution in [3.8, 4) is 0 Å². The summed E-state index contributed by atoms with van der Waals surface area (Å²) in [6.45, 7) is 5.37. The molecule has 1 heterocycles. The topological polar surface area (TPSA) is 105 Å². The Balaban J connectivity index is 2.13. The molecule has 1 saturated heterocycles. The lowest BCUT2D eigenvalue weighted by atomic mass is 10.2. The van der Waals surface area contributed by atoms with Crippen molar-refractivity contribution in [3.63, 3.8) is 0 Å². The van der Waals surface area contributed by atoms with Crippen LogP contribution in [0.1, 0.15) is 12.0 Å². The fourth-order valence-electron chi connectivity index (χ4n) is 2.64. The summed E-state index contributed by atoms with van der Waals surface area (Å²) in [6.07, 6.45) is 0.933. The van der Waals surface area contributed by atoms with Crippen LogP contribution in [0.25, 0.3) is 0 Å². The lowest BCUT2D eigenvalue weighted by Crippen LogP contribution is -2.53. The van der Waals surface area contributed by atoms with E-state index in [-0.39, 0.29) is 30.1 Å². The first-order valence-corrected chi connectivity index (χ1v) is 9.78. The molecule has 0 saturated carbocycles. The molecule has 0 bridgehead atoms. The average molecular weight is 399 g/mol. The molecule has 0 radical (unpaired) electrons. The Bertz CT molecular complexity index is 828. The van der Waals surface area contributed by atoms with E-state index in [9.17, 15) is 22.4 Å². The molecule has 2 rings (SSSR count). The van der Waals surface area contributed by atoms with Crippen LogP contribution in [0.15, 0.2) is 35.7 Å². The van der Waals surface area contributed by atoms with Crippen molar-refractivity contribution < 1.29 is 27.1 Å². The molecule has 0 aromatic heterocycles. The maximum Gasteiger partial charge on any atom is 0.309 e. The van der Waals surface area contributed by atoms with Gasteiger partial charge in [-0.3, -0.25) is 9.59 Å². The lowest BCUT2D eigenvalue weighted by Gasteiger charge is -2.34. The first kappa shape index (κ1) is 21.0. The Kier molecular flexibility index (Phi) is 7.05. The maximum atomic E-state index is 13.3. The maximum absolute atomic E-state index is 13.3. The minimum Gasteiger partial charge on any atom is -0.360 e. The van der Waals surface area contributed by atoms with Crippen molar-refractivity contribution in [3.05, 3.63) is 42.2 Å². The number of ether oxygens (including phenoxy) is 1. The van der Waals surface area contributed by atoms with E-state index in [2.05, 4.69) is 17.2 Å². The second kappa shape index (κ2) is 9.07. The summed E-state index contributed by atoms with van der Waals surface area (Å²) in [7, 11) is -3.96. The Morgan fingerprint density at radius 3 is 2.74 bits per heavy atom. The smallest absolute Gasteiger partial charge is 0.309 e. The SMILES string of the molecule is C=CCNC(=O)C(=O)NC[C@H]1OCCCN1S(=O)(=O)c1ccc(F)cc1C. The molecule has 1 aromatic carbocycles. The Morgan fingerprint density at radius 1 is 1.37 bits per heavy atom.